The number of nitrogens with one attached hydrogen (secondary N) is 2. The van der Waals surface area contributed by atoms with Gasteiger partial charge in [0.2, 0.25) is 11.7 Å². The lowest BCUT2D eigenvalue weighted by molar-refractivity contribution is -0.117. The molecule has 0 spiro atoms. The molecule has 1 unspecified atom stereocenters. The van der Waals surface area contributed by atoms with Crippen LogP contribution in [-0.2, 0) is 11.3 Å². The van der Waals surface area contributed by atoms with E-state index in [-0.39, 0.29) is 23.5 Å². The van der Waals surface area contributed by atoms with Gasteiger partial charge in [0, 0.05) is 5.56 Å². The van der Waals surface area contributed by atoms with E-state index < -0.39 is 34.9 Å². The summed E-state index contributed by atoms with van der Waals surface area (Å²) >= 11 is 0. The lowest BCUT2D eigenvalue weighted by atomic mass is 10.1. The number of nitrogens with zero attached hydrogens (tertiary/aromatic N) is 3. The van der Waals surface area contributed by atoms with Crippen molar-refractivity contribution in [3.8, 4) is 11.3 Å². The van der Waals surface area contributed by atoms with Gasteiger partial charge in [-0.1, -0.05) is 0 Å². The normalized spacial score (nSPS) is 11.7. The number of aryl methyl sites for hydroxylation is 1. The molecule has 4 aromatic rings. The van der Waals surface area contributed by atoms with E-state index in [0.29, 0.717) is 22.8 Å². The fourth-order valence-electron chi connectivity index (χ4n) is 3.81. The average molecular weight is 518 g/mol. The zero-order valence-corrected chi connectivity index (χ0v) is 21.0. The first-order valence-electron chi connectivity index (χ1n) is 11.8. The molecule has 38 heavy (non-hydrogen) atoms. The number of anilines is 1. The highest BCUT2D eigenvalue weighted by molar-refractivity contribution is 6.07. The number of amides is 1. The first-order chi connectivity index (χ1) is 18.2. The lowest BCUT2D eigenvalue weighted by Crippen LogP contribution is -2.37. The van der Waals surface area contributed by atoms with Crippen LogP contribution in [0, 0.1) is 18.6 Å². The molecule has 1 atom stereocenters. The van der Waals surface area contributed by atoms with E-state index in [0.717, 1.165) is 0 Å². The fraction of sp³-hybridized carbons (Fsp3) is 0.179. The third kappa shape index (κ3) is 5.87. The molecule has 0 aliphatic heterocycles. The quantitative estimate of drug-likeness (QED) is 0.345. The van der Waals surface area contributed by atoms with Crippen molar-refractivity contribution in [3.05, 3.63) is 111 Å². The second kappa shape index (κ2) is 11.2. The van der Waals surface area contributed by atoms with Gasteiger partial charge in [0.1, 0.15) is 28.8 Å². The highest BCUT2D eigenvalue weighted by Gasteiger charge is 2.18. The van der Waals surface area contributed by atoms with E-state index in [1.165, 1.54) is 65.2 Å². The largest absolute Gasteiger partial charge is 0.320 e. The second-order valence-electron chi connectivity index (χ2n) is 8.66. The number of likely N-dealkylation sites (N-methyl/N-ethyl adjacent to an activating group) is 1. The van der Waals surface area contributed by atoms with E-state index >= 15 is 0 Å². The molecule has 2 heterocycles. The maximum absolute atomic E-state index is 13.6. The Morgan fingerprint density at radius 2 is 1.58 bits per heavy atom. The van der Waals surface area contributed by atoms with Crippen LogP contribution >= 0.6 is 0 Å². The first-order valence-corrected chi connectivity index (χ1v) is 11.8. The molecule has 10 heteroatoms. The van der Waals surface area contributed by atoms with Crippen molar-refractivity contribution in [2.75, 3.05) is 12.4 Å². The standard InChI is InChI=1S/C28H25F2N5O3/c1-16(31-3)27(37)34-23-12-13-25(18-4-8-20(29)9-5-18)35(28(23)38)15-22-14-24(33-17(2)32-22)26(36)19-6-10-21(30)11-7-19/h4-14,16,31H,15H2,1-3H3,(H,34,37). The maximum Gasteiger partial charge on any atom is 0.275 e. The van der Waals surface area contributed by atoms with Crippen LogP contribution in [0.2, 0.25) is 0 Å². The Labute approximate surface area is 217 Å². The van der Waals surface area contributed by atoms with Crippen LogP contribution in [0.1, 0.15) is 34.5 Å². The third-order valence-corrected chi connectivity index (χ3v) is 5.95. The molecule has 2 N–H and O–H groups in total. The number of hydrogen-bond donors (Lipinski definition) is 2. The Morgan fingerprint density at radius 3 is 2.21 bits per heavy atom. The Kier molecular flexibility index (Phi) is 7.82. The number of benzene rings is 2. The van der Waals surface area contributed by atoms with E-state index in [1.807, 2.05) is 0 Å². The molecule has 194 valence electrons. The van der Waals surface area contributed by atoms with Crippen molar-refractivity contribution in [2.24, 2.45) is 0 Å². The summed E-state index contributed by atoms with van der Waals surface area (Å²) in [7, 11) is 1.63. The summed E-state index contributed by atoms with van der Waals surface area (Å²) < 4.78 is 28.3. The van der Waals surface area contributed by atoms with Crippen molar-refractivity contribution >= 4 is 17.4 Å². The number of halogens is 2. The van der Waals surface area contributed by atoms with Crippen LogP contribution in [0.4, 0.5) is 14.5 Å². The minimum absolute atomic E-state index is 0.0522. The SMILES string of the molecule is CNC(C)C(=O)Nc1ccc(-c2ccc(F)cc2)n(Cc2cc(C(=O)c3ccc(F)cc3)nc(C)n2)c1=O. The van der Waals surface area contributed by atoms with E-state index in [1.54, 1.807) is 27.0 Å². The van der Waals surface area contributed by atoms with Crippen LogP contribution < -0.4 is 16.2 Å². The summed E-state index contributed by atoms with van der Waals surface area (Å²) in [5.41, 5.74) is 1.27. The topological polar surface area (TPSA) is 106 Å². The fourth-order valence-corrected chi connectivity index (χ4v) is 3.81. The van der Waals surface area contributed by atoms with Gasteiger partial charge in [-0.05, 0) is 93.2 Å². The predicted molar refractivity (Wildman–Crippen MR) is 139 cm³/mol. The monoisotopic (exact) mass is 517 g/mol. The summed E-state index contributed by atoms with van der Waals surface area (Å²) in [6.07, 6.45) is 0. The number of hydrogen-bond acceptors (Lipinski definition) is 6. The predicted octanol–water partition coefficient (Wildman–Crippen LogP) is 3.72. The average Bonchev–Trinajstić information content (AvgIpc) is 2.90. The Bertz CT molecular complexity index is 1550. The summed E-state index contributed by atoms with van der Waals surface area (Å²) in [6.45, 7) is 3.21. The highest BCUT2D eigenvalue weighted by Crippen LogP contribution is 2.21. The highest BCUT2D eigenvalue weighted by atomic mass is 19.1. The smallest absolute Gasteiger partial charge is 0.275 e. The van der Waals surface area contributed by atoms with Crippen molar-refractivity contribution in [2.45, 2.75) is 26.4 Å². The van der Waals surface area contributed by atoms with Crippen molar-refractivity contribution in [3.63, 3.8) is 0 Å². The van der Waals surface area contributed by atoms with Crippen molar-refractivity contribution < 1.29 is 18.4 Å². The summed E-state index contributed by atoms with van der Waals surface area (Å²) in [4.78, 5) is 47.6. The maximum atomic E-state index is 13.6. The number of carbonyl (C=O) groups excluding carboxylic acids is 2. The van der Waals surface area contributed by atoms with Crippen molar-refractivity contribution in [1.29, 1.82) is 0 Å². The zero-order valence-electron chi connectivity index (χ0n) is 21.0. The molecule has 0 fully saturated rings. The molecular formula is C28H25F2N5O3. The molecule has 0 aliphatic rings. The molecule has 0 aliphatic carbocycles. The van der Waals surface area contributed by atoms with E-state index in [9.17, 15) is 23.2 Å². The van der Waals surface area contributed by atoms with Gasteiger partial charge < -0.3 is 15.2 Å². The zero-order chi connectivity index (χ0) is 27.4. The summed E-state index contributed by atoms with van der Waals surface area (Å²) in [6, 6.07) is 14.8. The summed E-state index contributed by atoms with van der Waals surface area (Å²) in [5, 5.41) is 5.44. The second-order valence-corrected chi connectivity index (χ2v) is 8.66. The van der Waals surface area contributed by atoms with Gasteiger partial charge in [-0.2, -0.15) is 0 Å². The first kappa shape index (κ1) is 26.5. The van der Waals surface area contributed by atoms with Crippen LogP contribution in [-0.4, -0.2) is 39.3 Å². The number of carbonyl (C=O) groups is 2. The minimum Gasteiger partial charge on any atom is -0.320 e. The Morgan fingerprint density at radius 1 is 0.947 bits per heavy atom. The molecule has 0 saturated carbocycles. The van der Waals surface area contributed by atoms with Gasteiger partial charge >= 0.3 is 0 Å². The molecule has 2 aromatic carbocycles. The Hall–Kier alpha value is -4.57. The molecule has 2 aromatic heterocycles. The number of pyridine rings is 1. The van der Waals surface area contributed by atoms with Crippen LogP contribution in [0.5, 0.6) is 0 Å². The van der Waals surface area contributed by atoms with Crippen LogP contribution in [0.3, 0.4) is 0 Å². The molecule has 0 radical (unpaired) electrons. The molecular weight excluding hydrogens is 492 g/mol. The van der Waals surface area contributed by atoms with E-state index in [2.05, 4.69) is 20.6 Å². The molecule has 0 bridgehead atoms. The summed E-state index contributed by atoms with van der Waals surface area (Å²) in [5.74, 6) is -1.41. The van der Waals surface area contributed by atoms with Gasteiger partial charge in [-0.3, -0.25) is 14.4 Å². The van der Waals surface area contributed by atoms with Crippen molar-refractivity contribution in [1.82, 2.24) is 19.9 Å². The molecule has 1 amide bonds. The van der Waals surface area contributed by atoms with Gasteiger partial charge in [-0.15, -0.1) is 0 Å². The van der Waals surface area contributed by atoms with Gasteiger partial charge in [0.05, 0.1) is 24.0 Å². The van der Waals surface area contributed by atoms with Gasteiger partial charge in [-0.25, -0.2) is 18.7 Å². The number of rotatable bonds is 8. The minimum atomic E-state index is -0.538. The Balaban J connectivity index is 1.78. The third-order valence-electron chi connectivity index (χ3n) is 5.95. The van der Waals surface area contributed by atoms with Crippen LogP contribution in [0.15, 0.2) is 71.5 Å². The molecule has 8 nitrogen and oxygen atoms in total. The number of ketones is 1. The molecule has 4 rings (SSSR count). The van der Waals surface area contributed by atoms with Gasteiger partial charge in [0.15, 0.2) is 0 Å². The van der Waals surface area contributed by atoms with E-state index in [4.69, 9.17) is 0 Å². The van der Waals surface area contributed by atoms with Gasteiger partial charge in [0.25, 0.3) is 5.56 Å². The molecule has 0 saturated heterocycles. The van der Waals surface area contributed by atoms with Crippen LogP contribution in [0.25, 0.3) is 11.3 Å². The lowest BCUT2D eigenvalue weighted by Gasteiger charge is -2.17. The number of aromatic nitrogens is 3.